The van der Waals surface area contributed by atoms with Crippen LogP contribution in [0.3, 0.4) is 0 Å². The summed E-state index contributed by atoms with van der Waals surface area (Å²) in [6.45, 7) is 2.99. The van der Waals surface area contributed by atoms with Crippen molar-refractivity contribution in [2.24, 2.45) is 11.8 Å². The molecule has 76 valence electrons. The van der Waals surface area contributed by atoms with E-state index in [1.165, 1.54) is 19.3 Å². The van der Waals surface area contributed by atoms with Crippen LogP contribution in [0, 0.1) is 18.8 Å². The highest BCUT2D eigenvalue weighted by Gasteiger charge is 2.42. The maximum absolute atomic E-state index is 5.23. The third-order valence-electron chi connectivity index (χ3n) is 3.56. The molecule has 2 fully saturated rings. The molecule has 3 atom stereocenters. The number of aromatic nitrogens is 2. The van der Waals surface area contributed by atoms with Crippen molar-refractivity contribution in [3.63, 3.8) is 0 Å². The van der Waals surface area contributed by atoms with E-state index in [9.17, 15) is 0 Å². The largest absolute Gasteiger partial charge is 0.338 e. The summed E-state index contributed by atoms with van der Waals surface area (Å²) >= 11 is 0. The Balaban J connectivity index is 1.85. The molecule has 4 nitrogen and oxygen atoms in total. The number of aryl methyl sites for hydroxylation is 1. The van der Waals surface area contributed by atoms with Gasteiger partial charge in [0.25, 0.3) is 0 Å². The maximum atomic E-state index is 5.23. The molecule has 4 heteroatoms. The fourth-order valence-electron chi connectivity index (χ4n) is 2.90. The number of fused-ring (bicyclic) bond motifs is 1. The summed E-state index contributed by atoms with van der Waals surface area (Å²) in [7, 11) is 0. The summed E-state index contributed by atoms with van der Waals surface area (Å²) in [5.41, 5.74) is 0. The predicted octanol–water partition coefficient (Wildman–Crippen LogP) is 1.44. The second-order valence-electron chi connectivity index (χ2n) is 4.42. The predicted molar refractivity (Wildman–Crippen MR) is 50.6 cm³/mol. The van der Waals surface area contributed by atoms with Crippen LogP contribution in [0.15, 0.2) is 4.52 Å². The number of hydrogen-bond donors (Lipinski definition) is 1. The van der Waals surface area contributed by atoms with E-state index in [1.807, 2.05) is 6.92 Å². The van der Waals surface area contributed by atoms with Crippen LogP contribution in [0.2, 0.25) is 0 Å². The zero-order valence-electron chi connectivity index (χ0n) is 8.36. The molecule has 0 radical (unpaired) electrons. The minimum Gasteiger partial charge on any atom is -0.338 e. The normalized spacial score (nSPS) is 36.2. The van der Waals surface area contributed by atoms with Gasteiger partial charge in [-0.2, -0.15) is 4.98 Å². The van der Waals surface area contributed by atoms with Crippen molar-refractivity contribution in [2.75, 3.05) is 6.54 Å². The zero-order valence-corrected chi connectivity index (χ0v) is 8.36. The molecule has 0 amide bonds. The fourth-order valence-corrected chi connectivity index (χ4v) is 2.90. The summed E-state index contributed by atoms with van der Waals surface area (Å²) in [4.78, 5) is 4.31. The highest BCUT2D eigenvalue weighted by atomic mass is 16.5. The first-order valence-corrected chi connectivity index (χ1v) is 5.38. The minimum absolute atomic E-state index is 0.323. The van der Waals surface area contributed by atoms with Gasteiger partial charge in [-0.05, 0) is 38.1 Å². The Hall–Kier alpha value is -0.900. The molecule has 2 aliphatic rings. The minimum atomic E-state index is 0.323. The molecule has 3 unspecified atom stereocenters. The van der Waals surface area contributed by atoms with Gasteiger partial charge in [-0.15, -0.1) is 0 Å². The molecule has 0 aromatic carbocycles. The lowest BCUT2D eigenvalue weighted by molar-refractivity contribution is 0.301. The van der Waals surface area contributed by atoms with E-state index in [-0.39, 0.29) is 0 Å². The summed E-state index contributed by atoms with van der Waals surface area (Å²) in [6.07, 6.45) is 4.03. The Morgan fingerprint density at radius 3 is 3.14 bits per heavy atom. The lowest BCUT2D eigenvalue weighted by atomic mass is 9.94. The second kappa shape index (κ2) is 3.05. The van der Waals surface area contributed by atoms with Crippen molar-refractivity contribution >= 4 is 0 Å². The van der Waals surface area contributed by atoms with Crippen LogP contribution in [-0.4, -0.2) is 16.7 Å². The monoisotopic (exact) mass is 193 g/mol. The van der Waals surface area contributed by atoms with E-state index < -0.39 is 0 Å². The Bertz CT molecular complexity index is 336. The molecule has 2 heterocycles. The Morgan fingerprint density at radius 2 is 2.36 bits per heavy atom. The van der Waals surface area contributed by atoms with E-state index in [1.54, 1.807) is 0 Å². The van der Waals surface area contributed by atoms with Gasteiger partial charge in [-0.25, -0.2) is 0 Å². The first kappa shape index (κ1) is 8.41. The van der Waals surface area contributed by atoms with E-state index in [0.717, 1.165) is 30.1 Å². The molecule has 1 saturated carbocycles. The van der Waals surface area contributed by atoms with Crippen LogP contribution >= 0.6 is 0 Å². The van der Waals surface area contributed by atoms with Crippen molar-refractivity contribution in [1.82, 2.24) is 15.5 Å². The number of hydrogen-bond acceptors (Lipinski definition) is 4. The number of nitrogens with zero attached hydrogens (tertiary/aromatic N) is 2. The summed E-state index contributed by atoms with van der Waals surface area (Å²) in [5.74, 6) is 3.10. The van der Waals surface area contributed by atoms with Gasteiger partial charge in [-0.1, -0.05) is 11.6 Å². The first-order valence-electron chi connectivity index (χ1n) is 5.38. The van der Waals surface area contributed by atoms with Gasteiger partial charge in [-0.3, -0.25) is 0 Å². The SMILES string of the molecule is Cc1noc(C2NCC3CCCC32)n1. The van der Waals surface area contributed by atoms with Gasteiger partial charge < -0.3 is 9.84 Å². The van der Waals surface area contributed by atoms with Crippen molar-refractivity contribution < 1.29 is 4.52 Å². The van der Waals surface area contributed by atoms with E-state index in [2.05, 4.69) is 15.5 Å². The molecule has 1 aromatic heterocycles. The van der Waals surface area contributed by atoms with Gasteiger partial charge in [0, 0.05) is 0 Å². The van der Waals surface area contributed by atoms with E-state index in [0.29, 0.717) is 6.04 Å². The fraction of sp³-hybridized carbons (Fsp3) is 0.800. The third-order valence-corrected chi connectivity index (χ3v) is 3.56. The highest BCUT2D eigenvalue weighted by Crippen LogP contribution is 2.43. The Morgan fingerprint density at radius 1 is 1.43 bits per heavy atom. The van der Waals surface area contributed by atoms with Crippen LogP contribution in [0.1, 0.15) is 37.0 Å². The summed E-state index contributed by atoms with van der Waals surface area (Å²) in [5, 5.41) is 7.34. The first-order chi connectivity index (χ1) is 6.84. The van der Waals surface area contributed by atoms with Crippen LogP contribution in [0.25, 0.3) is 0 Å². The molecule has 1 aliphatic carbocycles. The quantitative estimate of drug-likeness (QED) is 0.733. The van der Waals surface area contributed by atoms with E-state index >= 15 is 0 Å². The van der Waals surface area contributed by atoms with Crippen molar-refractivity contribution in [1.29, 1.82) is 0 Å². The van der Waals surface area contributed by atoms with Crippen LogP contribution in [0.5, 0.6) is 0 Å². The molecule has 1 aliphatic heterocycles. The lowest BCUT2D eigenvalue weighted by Gasteiger charge is -2.13. The second-order valence-corrected chi connectivity index (χ2v) is 4.42. The number of nitrogens with one attached hydrogen (secondary N) is 1. The van der Waals surface area contributed by atoms with Crippen LogP contribution in [0.4, 0.5) is 0 Å². The Kier molecular flexibility index (Phi) is 1.83. The molecule has 0 spiro atoms. The molecular weight excluding hydrogens is 178 g/mol. The average molecular weight is 193 g/mol. The number of rotatable bonds is 1. The van der Waals surface area contributed by atoms with Crippen molar-refractivity contribution in [3.8, 4) is 0 Å². The topological polar surface area (TPSA) is 51.0 Å². The molecule has 14 heavy (non-hydrogen) atoms. The molecule has 1 N–H and O–H groups in total. The van der Waals surface area contributed by atoms with Crippen molar-refractivity contribution in [2.45, 2.75) is 32.2 Å². The molecular formula is C10H15N3O. The van der Waals surface area contributed by atoms with E-state index in [4.69, 9.17) is 4.52 Å². The third kappa shape index (κ3) is 1.17. The molecule has 0 bridgehead atoms. The molecule has 1 saturated heterocycles. The lowest BCUT2D eigenvalue weighted by Crippen LogP contribution is -2.18. The molecule has 3 rings (SSSR count). The highest BCUT2D eigenvalue weighted by molar-refractivity contribution is 5.02. The Labute approximate surface area is 83.1 Å². The maximum Gasteiger partial charge on any atom is 0.244 e. The van der Waals surface area contributed by atoms with Crippen molar-refractivity contribution in [3.05, 3.63) is 11.7 Å². The van der Waals surface area contributed by atoms with Gasteiger partial charge >= 0.3 is 0 Å². The standard InChI is InChI=1S/C10H15N3O/c1-6-12-10(14-13-6)9-8-4-2-3-7(8)5-11-9/h7-9,11H,2-5H2,1H3. The van der Waals surface area contributed by atoms with Crippen LogP contribution < -0.4 is 5.32 Å². The smallest absolute Gasteiger partial charge is 0.244 e. The van der Waals surface area contributed by atoms with Gasteiger partial charge in [0.2, 0.25) is 5.89 Å². The van der Waals surface area contributed by atoms with Gasteiger partial charge in [0.15, 0.2) is 5.82 Å². The summed E-state index contributed by atoms with van der Waals surface area (Å²) in [6, 6.07) is 0.323. The zero-order chi connectivity index (χ0) is 9.54. The van der Waals surface area contributed by atoms with Crippen LogP contribution in [-0.2, 0) is 0 Å². The van der Waals surface area contributed by atoms with Gasteiger partial charge in [0.1, 0.15) is 0 Å². The molecule has 1 aromatic rings. The van der Waals surface area contributed by atoms with Gasteiger partial charge in [0.05, 0.1) is 6.04 Å². The average Bonchev–Trinajstić information content (AvgIpc) is 2.77. The summed E-state index contributed by atoms with van der Waals surface area (Å²) < 4.78 is 5.23.